The summed E-state index contributed by atoms with van der Waals surface area (Å²) in [7, 11) is 0. The average Bonchev–Trinajstić information content (AvgIpc) is 3.60. The predicted molar refractivity (Wildman–Crippen MR) is 103 cm³/mol. The SMILES string of the molecule is CC1CC1c1ccc(CN(C(=O)Nc2ccc3c(c2)OCC(=O)N3)C2CC2)o1. The van der Waals surface area contributed by atoms with E-state index in [-0.39, 0.29) is 24.6 Å². The second-order valence-corrected chi connectivity index (χ2v) is 7.96. The zero-order valence-corrected chi connectivity index (χ0v) is 15.7. The Labute approximate surface area is 163 Å². The van der Waals surface area contributed by atoms with E-state index in [1.165, 1.54) is 6.42 Å². The maximum Gasteiger partial charge on any atom is 0.322 e. The molecule has 146 valence electrons. The summed E-state index contributed by atoms with van der Waals surface area (Å²) >= 11 is 0. The molecule has 2 saturated carbocycles. The molecule has 1 aromatic carbocycles. The number of benzene rings is 1. The largest absolute Gasteiger partial charge is 0.482 e. The van der Waals surface area contributed by atoms with Crippen molar-refractivity contribution in [2.24, 2.45) is 5.92 Å². The van der Waals surface area contributed by atoms with Crippen molar-refractivity contribution in [3.63, 3.8) is 0 Å². The first-order valence-electron chi connectivity index (χ1n) is 9.80. The van der Waals surface area contributed by atoms with Crippen LogP contribution in [-0.4, -0.2) is 29.5 Å². The zero-order valence-electron chi connectivity index (χ0n) is 15.7. The summed E-state index contributed by atoms with van der Waals surface area (Å²) < 4.78 is 11.4. The Hall–Kier alpha value is -2.96. The Balaban J connectivity index is 1.27. The molecule has 3 aliphatic rings. The van der Waals surface area contributed by atoms with Crippen molar-refractivity contribution >= 4 is 23.3 Å². The Morgan fingerprint density at radius 1 is 1.29 bits per heavy atom. The molecular weight excluding hydrogens is 358 g/mol. The minimum absolute atomic E-state index is 0.0148. The third-order valence-corrected chi connectivity index (χ3v) is 5.60. The van der Waals surface area contributed by atoms with Gasteiger partial charge in [0.25, 0.3) is 5.91 Å². The predicted octanol–water partition coefficient (Wildman–Crippen LogP) is 3.93. The molecule has 2 aliphatic carbocycles. The van der Waals surface area contributed by atoms with Crippen molar-refractivity contribution in [2.75, 3.05) is 17.2 Å². The van der Waals surface area contributed by atoms with Gasteiger partial charge in [-0.05, 0) is 49.4 Å². The van der Waals surface area contributed by atoms with E-state index in [0.717, 1.165) is 24.4 Å². The highest BCUT2D eigenvalue weighted by Crippen LogP contribution is 2.47. The molecule has 3 amide bonds. The molecular formula is C21H23N3O4. The Morgan fingerprint density at radius 2 is 2.11 bits per heavy atom. The molecule has 0 bridgehead atoms. The highest BCUT2D eigenvalue weighted by Gasteiger charge is 2.37. The number of rotatable bonds is 5. The molecule has 28 heavy (non-hydrogen) atoms. The fourth-order valence-corrected chi connectivity index (χ4v) is 3.67. The van der Waals surface area contributed by atoms with Gasteiger partial charge in [-0.15, -0.1) is 0 Å². The zero-order chi connectivity index (χ0) is 19.3. The first-order valence-corrected chi connectivity index (χ1v) is 9.80. The van der Waals surface area contributed by atoms with Gasteiger partial charge in [-0.25, -0.2) is 4.79 Å². The number of nitrogens with zero attached hydrogens (tertiary/aromatic N) is 1. The third-order valence-electron chi connectivity index (χ3n) is 5.60. The Morgan fingerprint density at radius 3 is 2.86 bits per heavy atom. The molecule has 5 rings (SSSR count). The molecule has 2 N–H and O–H groups in total. The summed E-state index contributed by atoms with van der Waals surface area (Å²) in [5, 5.41) is 5.69. The number of carbonyl (C=O) groups is 2. The topological polar surface area (TPSA) is 83.8 Å². The number of furan rings is 1. The van der Waals surface area contributed by atoms with Gasteiger partial charge in [-0.1, -0.05) is 6.92 Å². The van der Waals surface area contributed by atoms with Crippen molar-refractivity contribution in [1.29, 1.82) is 0 Å². The van der Waals surface area contributed by atoms with Gasteiger partial charge in [-0.2, -0.15) is 0 Å². The number of fused-ring (bicyclic) bond motifs is 1. The van der Waals surface area contributed by atoms with Gasteiger partial charge in [-0.3, -0.25) is 4.79 Å². The normalized spacial score (nSPS) is 22.7. The molecule has 1 aliphatic heterocycles. The molecule has 2 fully saturated rings. The summed E-state index contributed by atoms with van der Waals surface area (Å²) in [6.45, 7) is 2.68. The lowest BCUT2D eigenvalue weighted by molar-refractivity contribution is -0.118. The number of nitrogens with one attached hydrogen (secondary N) is 2. The van der Waals surface area contributed by atoms with E-state index in [2.05, 4.69) is 17.6 Å². The fourth-order valence-electron chi connectivity index (χ4n) is 3.67. The smallest absolute Gasteiger partial charge is 0.322 e. The van der Waals surface area contributed by atoms with Crippen LogP contribution in [-0.2, 0) is 11.3 Å². The fraction of sp³-hybridized carbons (Fsp3) is 0.429. The first-order chi connectivity index (χ1) is 13.6. The number of ether oxygens (including phenoxy) is 1. The minimum atomic E-state index is -0.178. The van der Waals surface area contributed by atoms with E-state index in [1.807, 2.05) is 17.0 Å². The molecule has 0 spiro atoms. The van der Waals surface area contributed by atoms with Crippen LogP contribution < -0.4 is 15.4 Å². The standard InChI is InChI=1S/C21H23N3O4/c1-12-8-16(12)18-7-5-15(28-18)10-24(14-3-4-14)21(26)22-13-2-6-17-19(9-13)27-11-20(25)23-17/h2,5-7,9,12,14,16H,3-4,8,10-11H2,1H3,(H,22,26)(H,23,25). The van der Waals surface area contributed by atoms with E-state index < -0.39 is 0 Å². The van der Waals surface area contributed by atoms with E-state index in [1.54, 1.807) is 18.2 Å². The minimum Gasteiger partial charge on any atom is -0.482 e. The number of hydrogen-bond donors (Lipinski definition) is 2. The van der Waals surface area contributed by atoms with Crippen molar-refractivity contribution in [3.05, 3.63) is 41.9 Å². The van der Waals surface area contributed by atoms with Gasteiger partial charge in [0.1, 0.15) is 17.3 Å². The lowest BCUT2D eigenvalue weighted by Gasteiger charge is -2.23. The monoisotopic (exact) mass is 381 g/mol. The van der Waals surface area contributed by atoms with Crippen LogP contribution >= 0.6 is 0 Å². The molecule has 2 heterocycles. The van der Waals surface area contributed by atoms with E-state index in [4.69, 9.17) is 9.15 Å². The van der Waals surface area contributed by atoms with Crippen molar-refractivity contribution < 1.29 is 18.7 Å². The van der Waals surface area contributed by atoms with Crippen molar-refractivity contribution in [1.82, 2.24) is 4.90 Å². The summed E-state index contributed by atoms with van der Waals surface area (Å²) in [5.41, 5.74) is 1.25. The van der Waals surface area contributed by atoms with Gasteiger partial charge in [0, 0.05) is 23.7 Å². The molecule has 2 atom stereocenters. The maximum absolute atomic E-state index is 12.9. The number of carbonyl (C=O) groups excluding carboxylic acids is 2. The van der Waals surface area contributed by atoms with E-state index in [0.29, 0.717) is 35.5 Å². The molecule has 2 aromatic rings. The van der Waals surface area contributed by atoms with Crippen LogP contribution in [0.25, 0.3) is 0 Å². The lowest BCUT2D eigenvalue weighted by atomic mass is 10.2. The van der Waals surface area contributed by atoms with Crippen LogP contribution in [0.5, 0.6) is 5.75 Å². The van der Waals surface area contributed by atoms with Crippen LogP contribution in [0.2, 0.25) is 0 Å². The second kappa shape index (κ2) is 6.58. The first kappa shape index (κ1) is 17.2. The molecule has 7 nitrogen and oxygen atoms in total. The lowest BCUT2D eigenvalue weighted by Crippen LogP contribution is -2.36. The van der Waals surface area contributed by atoms with Crippen LogP contribution in [0.4, 0.5) is 16.2 Å². The second-order valence-electron chi connectivity index (χ2n) is 7.96. The van der Waals surface area contributed by atoms with Gasteiger partial charge < -0.3 is 24.7 Å². The van der Waals surface area contributed by atoms with Crippen LogP contribution in [0.3, 0.4) is 0 Å². The van der Waals surface area contributed by atoms with Gasteiger partial charge in [0.05, 0.1) is 12.2 Å². The summed E-state index contributed by atoms with van der Waals surface area (Å²) in [6, 6.07) is 9.36. The molecule has 1 aromatic heterocycles. The van der Waals surface area contributed by atoms with Gasteiger partial charge >= 0.3 is 6.03 Å². The molecule has 2 unspecified atom stereocenters. The molecule has 0 radical (unpaired) electrons. The number of anilines is 2. The van der Waals surface area contributed by atoms with Crippen LogP contribution in [0.1, 0.15) is 43.6 Å². The van der Waals surface area contributed by atoms with Crippen LogP contribution in [0.15, 0.2) is 34.7 Å². The van der Waals surface area contributed by atoms with Gasteiger partial charge in [0.2, 0.25) is 0 Å². The Bertz CT molecular complexity index is 933. The third kappa shape index (κ3) is 3.44. The summed E-state index contributed by atoms with van der Waals surface area (Å²) in [4.78, 5) is 26.1. The molecule has 7 heteroatoms. The summed E-state index contributed by atoms with van der Waals surface area (Å²) in [6.07, 6.45) is 3.21. The van der Waals surface area contributed by atoms with Gasteiger partial charge in [0.15, 0.2) is 6.61 Å². The van der Waals surface area contributed by atoms with E-state index in [9.17, 15) is 9.59 Å². The average molecular weight is 381 g/mol. The maximum atomic E-state index is 12.9. The highest BCUT2D eigenvalue weighted by atomic mass is 16.5. The number of amides is 3. The van der Waals surface area contributed by atoms with Crippen LogP contribution in [0, 0.1) is 5.92 Å². The number of hydrogen-bond acceptors (Lipinski definition) is 4. The number of urea groups is 1. The highest BCUT2D eigenvalue weighted by molar-refractivity contribution is 5.96. The summed E-state index contributed by atoms with van der Waals surface area (Å²) in [5.74, 6) is 3.47. The van der Waals surface area contributed by atoms with E-state index >= 15 is 0 Å². The molecule has 0 saturated heterocycles. The quantitative estimate of drug-likeness (QED) is 0.822. The Kier molecular flexibility index (Phi) is 4.03. The van der Waals surface area contributed by atoms with Crippen molar-refractivity contribution in [3.8, 4) is 5.75 Å². The van der Waals surface area contributed by atoms with Crippen molar-refractivity contribution in [2.45, 2.75) is 44.7 Å².